The number of hydrogen-bond donors (Lipinski definition) is 1. The summed E-state index contributed by atoms with van der Waals surface area (Å²) in [5.41, 5.74) is 7.42. The molecule has 0 aliphatic rings. The van der Waals surface area contributed by atoms with Crippen LogP contribution in [-0.4, -0.2) is 0 Å². The van der Waals surface area contributed by atoms with Crippen molar-refractivity contribution in [3.05, 3.63) is 65.7 Å². The minimum atomic E-state index is 0. The van der Waals surface area contributed by atoms with Gasteiger partial charge in [0, 0.05) is 5.56 Å². The van der Waals surface area contributed by atoms with Gasteiger partial charge in [-0.2, -0.15) is 0 Å². The van der Waals surface area contributed by atoms with E-state index >= 15 is 0 Å². The molecule has 0 fully saturated rings. The van der Waals surface area contributed by atoms with Crippen molar-refractivity contribution in [2.24, 2.45) is 0 Å². The predicted octanol–water partition coefficient (Wildman–Crippen LogP) is -0.266. The maximum absolute atomic E-state index is 3.98. The van der Waals surface area contributed by atoms with Crippen molar-refractivity contribution in [3.63, 3.8) is 0 Å². The van der Waals surface area contributed by atoms with E-state index in [2.05, 4.69) is 36.1 Å². The third-order valence-corrected chi connectivity index (χ3v) is 2.31. The van der Waals surface area contributed by atoms with Crippen LogP contribution in [0.2, 0.25) is 0 Å². The first-order valence-electron chi connectivity index (χ1n) is 5.00. The highest BCUT2D eigenvalue weighted by molar-refractivity contribution is 5.73. The lowest BCUT2D eigenvalue weighted by Crippen LogP contribution is -3.00. The lowest BCUT2D eigenvalue weighted by molar-refractivity contribution is -0.255. The van der Waals surface area contributed by atoms with Crippen molar-refractivity contribution < 1.29 is 18.1 Å². The number of quaternary nitrogens is 1. The molecule has 0 aromatic heterocycles. The molecule has 2 heteroatoms. The molecule has 2 rings (SSSR count). The van der Waals surface area contributed by atoms with Gasteiger partial charge in [0.05, 0.1) is 0 Å². The molecule has 2 aromatic carbocycles. The normalized spacial score (nSPS) is 10.1. The highest BCUT2D eigenvalue weighted by Crippen LogP contribution is 2.12. The summed E-state index contributed by atoms with van der Waals surface area (Å²) in [7, 11) is 0. The smallest absolute Gasteiger partial charge is 0.135 e. The zero-order valence-electron chi connectivity index (χ0n) is 8.94. The molecule has 0 saturated carbocycles. The summed E-state index contributed by atoms with van der Waals surface area (Å²) in [6.07, 6.45) is 4.20. The van der Waals surface area contributed by atoms with Crippen LogP contribution in [0.5, 0.6) is 0 Å². The molecule has 0 heterocycles. The highest BCUT2D eigenvalue weighted by Gasteiger charge is 1.94. The molecule has 0 spiro atoms. The topological polar surface area (TPSA) is 27.6 Å². The predicted molar refractivity (Wildman–Crippen MR) is 64.4 cm³/mol. The highest BCUT2D eigenvalue weighted by atomic mass is 35.5. The second-order valence-corrected chi connectivity index (χ2v) is 3.44. The summed E-state index contributed by atoms with van der Waals surface area (Å²) in [4.78, 5) is 0. The second-order valence-electron chi connectivity index (χ2n) is 3.44. The Morgan fingerprint density at radius 2 is 1.38 bits per heavy atom. The van der Waals surface area contributed by atoms with Gasteiger partial charge >= 0.3 is 0 Å². The van der Waals surface area contributed by atoms with Crippen LogP contribution in [-0.2, 0) is 0 Å². The molecule has 16 heavy (non-hydrogen) atoms. The first-order chi connectivity index (χ1) is 7.36. The van der Waals surface area contributed by atoms with Crippen molar-refractivity contribution in [3.8, 4) is 0 Å². The van der Waals surface area contributed by atoms with Crippen molar-refractivity contribution in [2.75, 3.05) is 0 Å². The zero-order valence-corrected chi connectivity index (χ0v) is 9.69. The summed E-state index contributed by atoms with van der Waals surface area (Å²) < 4.78 is 0. The van der Waals surface area contributed by atoms with Gasteiger partial charge in [-0.3, -0.25) is 0 Å². The van der Waals surface area contributed by atoms with Gasteiger partial charge in [-0.1, -0.05) is 48.5 Å². The van der Waals surface area contributed by atoms with Crippen molar-refractivity contribution in [1.29, 1.82) is 0 Å². The molecule has 0 saturated heterocycles. The Kier molecular flexibility index (Phi) is 4.77. The first-order valence-corrected chi connectivity index (χ1v) is 5.00. The van der Waals surface area contributed by atoms with Crippen LogP contribution in [0.25, 0.3) is 12.2 Å². The van der Waals surface area contributed by atoms with Crippen LogP contribution in [0.3, 0.4) is 0 Å². The van der Waals surface area contributed by atoms with E-state index < -0.39 is 0 Å². The molecule has 1 nitrogen and oxygen atoms in total. The minimum Gasteiger partial charge on any atom is -1.00 e. The summed E-state index contributed by atoms with van der Waals surface area (Å²) >= 11 is 0. The van der Waals surface area contributed by atoms with Crippen LogP contribution in [0.1, 0.15) is 11.1 Å². The van der Waals surface area contributed by atoms with E-state index in [0.717, 1.165) is 5.69 Å². The molecule has 82 valence electrons. The molecule has 0 amide bonds. The zero-order chi connectivity index (χ0) is 10.5. The summed E-state index contributed by atoms with van der Waals surface area (Å²) in [6.45, 7) is 0. The maximum Gasteiger partial charge on any atom is 0.135 e. The maximum atomic E-state index is 3.98. The van der Waals surface area contributed by atoms with E-state index in [-0.39, 0.29) is 12.4 Å². The van der Waals surface area contributed by atoms with Gasteiger partial charge < -0.3 is 18.1 Å². The molecule has 0 aliphatic carbocycles. The molecular weight excluding hydrogens is 218 g/mol. The van der Waals surface area contributed by atoms with Gasteiger partial charge in [0.25, 0.3) is 0 Å². The van der Waals surface area contributed by atoms with Crippen molar-refractivity contribution >= 4 is 17.8 Å². The van der Waals surface area contributed by atoms with E-state index in [4.69, 9.17) is 0 Å². The Hall–Kier alpha value is -1.57. The molecule has 0 atom stereocenters. The Bertz CT molecular complexity index is 463. The van der Waals surface area contributed by atoms with Crippen molar-refractivity contribution in [2.45, 2.75) is 0 Å². The Morgan fingerprint density at radius 3 is 2.06 bits per heavy atom. The average molecular weight is 232 g/mol. The molecule has 0 aliphatic heterocycles. The third-order valence-electron chi connectivity index (χ3n) is 2.31. The van der Waals surface area contributed by atoms with Gasteiger partial charge in [0.2, 0.25) is 0 Å². The summed E-state index contributed by atoms with van der Waals surface area (Å²) in [6, 6.07) is 18.4. The second kappa shape index (κ2) is 6.11. The monoisotopic (exact) mass is 231 g/mol. The van der Waals surface area contributed by atoms with Crippen LogP contribution in [0.4, 0.5) is 5.69 Å². The summed E-state index contributed by atoms with van der Waals surface area (Å²) in [5, 5.41) is 0. The van der Waals surface area contributed by atoms with Crippen LogP contribution in [0.15, 0.2) is 54.6 Å². The van der Waals surface area contributed by atoms with E-state index in [9.17, 15) is 0 Å². The average Bonchev–Trinajstić information content (AvgIpc) is 2.29. The largest absolute Gasteiger partial charge is 1.00 e. The van der Waals surface area contributed by atoms with Gasteiger partial charge in [-0.05, 0) is 23.8 Å². The van der Waals surface area contributed by atoms with Crippen molar-refractivity contribution in [1.82, 2.24) is 0 Å². The Balaban J connectivity index is 0.00000128. The Labute approximate surface area is 102 Å². The fourth-order valence-electron chi connectivity index (χ4n) is 1.45. The lowest BCUT2D eigenvalue weighted by atomic mass is 10.1. The molecule has 0 radical (unpaired) electrons. The third kappa shape index (κ3) is 3.23. The molecule has 0 bridgehead atoms. The lowest BCUT2D eigenvalue weighted by Gasteiger charge is -1.95. The van der Waals surface area contributed by atoms with E-state index in [1.807, 2.05) is 36.4 Å². The molecule has 0 unspecified atom stereocenters. The minimum absolute atomic E-state index is 0. The fourth-order valence-corrected chi connectivity index (χ4v) is 1.45. The number of halogens is 1. The number of rotatable bonds is 2. The van der Waals surface area contributed by atoms with Crippen LogP contribution >= 0.6 is 0 Å². The summed E-state index contributed by atoms with van der Waals surface area (Å²) in [5.74, 6) is 0. The fraction of sp³-hybridized carbons (Fsp3) is 0. The molecule has 3 N–H and O–H groups in total. The molecule has 2 aromatic rings. The van der Waals surface area contributed by atoms with Gasteiger partial charge in [0.15, 0.2) is 0 Å². The quantitative estimate of drug-likeness (QED) is 0.690. The Morgan fingerprint density at radius 1 is 0.750 bits per heavy atom. The number of hydrogen-bond acceptors (Lipinski definition) is 0. The molecular formula is C14H14ClN. The van der Waals surface area contributed by atoms with E-state index in [1.165, 1.54) is 11.1 Å². The van der Waals surface area contributed by atoms with Gasteiger partial charge in [0.1, 0.15) is 5.69 Å². The van der Waals surface area contributed by atoms with E-state index in [0.29, 0.717) is 0 Å². The van der Waals surface area contributed by atoms with Gasteiger partial charge in [-0.25, -0.2) is 0 Å². The van der Waals surface area contributed by atoms with Crippen LogP contribution < -0.4 is 18.1 Å². The van der Waals surface area contributed by atoms with Gasteiger partial charge in [-0.15, -0.1) is 0 Å². The SMILES string of the molecule is [Cl-].[NH3+]c1ccccc1/C=C/c1ccccc1. The first kappa shape index (κ1) is 12.5. The standard InChI is InChI=1S/C14H13N.ClH/c15-14-9-5-4-8-13(14)11-10-12-6-2-1-3-7-12;/h1-11H,15H2;1H/b11-10+;. The number of benzene rings is 2. The van der Waals surface area contributed by atoms with Crippen LogP contribution in [0, 0.1) is 0 Å². The van der Waals surface area contributed by atoms with E-state index in [1.54, 1.807) is 0 Å².